The normalized spacial score (nSPS) is 38.4. The van der Waals surface area contributed by atoms with E-state index < -0.39 is 0 Å². The third-order valence-corrected chi connectivity index (χ3v) is 5.36. The molecule has 4 atom stereocenters. The fraction of sp³-hybridized carbons (Fsp3) is 0.625. The second kappa shape index (κ2) is 4.37. The van der Waals surface area contributed by atoms with Crippen molar-refractivity contribution in [1.82, 2.24) is 4.90 Å². The Kier molecular flexibility index (Phi) is 2.72. The van der Waals surface area contributed by atoms with Gasteiger partial charge < -0.3 is 20.1 Å². The molecule has 0 saturated carbocycles. The maximum absolute atomic E-state index is 6.50. The van der Waals surface area contributed by atoms with Gasteiger partial charge in [-0.2, -0.15) is 0 Å². The first-order valence-electron chi connectivity index (χ1n) is 7.55. The largest absolute Gasteiger partial charge is 0.497 e. The van der Waals surface area contributed by atoms with Gasteiger partial charge in [0, 0.05) is 43.5 Å². The zero-order chi connectivity index (χ0) is 13.7. The van der Waals surface area contributed by atoms with Gasteiger partial charge in [-0.15, -0.1) is 0 Å². The van der Waals surface area contributed by atoms with E-state index in [1.807, 2.05) is 18.2 Å². The number of rotatable bonds is 1. The lowest BCUT2D eigenvalue weighted by Gasteiger charge is -2.47. The zero-order valence-electron chi connectivity index (χ0n) is 12.0. The summed E-state index contributed by atoms with van der Waals surface area (Å²) in [5.74, 6) is 2.46. The summed E-state index contributed by atoms with van der Waals surface area (Å²) >= 11 is 0. The number of nitrogens with zero attached hydrogens (tertiary/aromatic N) is 1. The Labute approximate surface area is 119 Å². The SMILES string of the molecule is COc1ccc2c(c1)[C@@H](N)CC1(CCN3CCC1C3)O2. The second-order valence-electron chi connectivity index (χ2n) is 6.42. The number of hydrogen-bond acceptors (Lipinski definition) is 4. The van der Waals surface area contributed by atoms with E-state index in [-0.39, 0.29) is 11.6 Å². The summed E-state index contributed by atoms with van der Waals surface area (Å²) in [5.41, 5.74) is 7.52. The predicted octanol–water partition coefficient (Wildman–Crippen LogP) is 1.94. The van der Waals surface area contributed by atoms with Gasteiger partial charge in [-0.25, -0.2) is 0 Å². The Bertz CT molecular complexity index is 533. The van der Waals surface area contributed by atoms with Gasteiger partial charge in [-0.1, -0.05) is 0 Å². The molecule has 2 N–H and O–H groups in total. The minimum Gasteiger partial charge on any atom is -0.497 e. The van der Waals surface area contributed by atoms with Gasteiger partial charge in [-0.05, 0) is 31.2 Å². The summed E-state index contributed by atoms with van der Waals surface area (Å²) in [5, 5.41) is 0. The van der Waals surface area contributed by atoms with Crippen molar-refractivity contribution in [2.24, 2.45) is 11.7 Å². The van der Waals surface area contributed by atoms with Crippen LogP contribution in [0.5, 0.6) is 11.5 Å². The average molecular weight is 274 g/mol. The van der Waals surface area contributed by atoms with Crippen molar-refractivity contribution in [3.63, 3.8) is 0 Å². The third-order valence-electron chi connectivity index (χ3n) is 5.36. The van der Waals surface area contributed by atoms with Crippen molar-refractivity contribution >= 4 is 0 Å². The van der Waals surface area contributed by atoms with Gasteiger partial charge in [0.25, 0.3) is 0 Å². The van der Waals surface area contributed by atoms with E-state index in [4.69, 9.17) is 15.2 Å². The highest BCUT2D eigenvalue weighted by Crippen LogP contribution is 2.49. The highest BCUT2D eigenvalue weighted by atomic mass is 16.5. The summed E-state index contributed by atoms with van der Waals surface area (Å²) in [6, 6.07) is 6.07. The summed E-state index contributed by atoms with van der Waals surface area (Å²) < 4.78 is 11.8. The fourth-order valence-corrected chi connectivity index (χ4v) is 4.20. The molecule has 2 saturated heterocycles. The smallest absolute Gasteiger partial charge is 0.125 e. The van der Waals surface area contributed by atoms with E-state index in [1.54, 1.807) is 7.11 Å². The zero-order valence-corrected chi connectivity index (χ0v) is 12.0. The number of benzene rings is 1. The van der Waals surface area contributed by atoms with Crippen molar-refractivity contribution in [3.05, 3.63) is 23.8 Å². The van der Waals surface area contributed by atoms with Gasteiger partial charge in [-0.3, -0.25) is 0 Å². The topological polar surface area (TPSA) is 47.7 Å². The Morgan fingerprint density at radius 1 is 1.40 bits per heavy atom. The number of hydrogen-bond donors (Lipinski definition) is 1. The third kappa shape index (κ3) is 1.75. The molecule has 3 aliphatic rings. The Hall–Kier alpha value is -1.26. The monoisotopic (exact) mass is 274 g/mol. The van der Waals surface area contributed by atoms with Gasteiger partial charge in [0.1, 0.15) is 17.1 Å². The first-order valence-corrected chi connectivity index (χ1v) is 7.55. The van der Waals surface area contributed by atoms with Crippen LogP contribution < -0.4 is 15.2 Å². The number of piperidine rings is 1. The van der Waals surface area contributed by atoms with E-state index in [0.717, 1.165) is 36.4 Å². The molecule has 2 bridgehead atoms. The fourth-order valence-electron chi connectivity index (χ4n) is 4.20. The van der Waals surface area contributed by atoms with Crippen LogP contribution in [0.4, 0.5) is 0 Å². The first-order chi connectivity index (χ1) is 9.70. The summed E-state index contributed by atoms with van der Waals surface area (Å²) in [6.07, 6.45) is 3.29. The first kappa shape index (κ1) is 12.5. The molecule has 108 valence electrons. The lowest BCUT2D eigenvalue weighted by atomic mass is 9.75. The van der Waals surface area contributed by atoms with Crippen molar-refractivity contribution in [3.8, 4) is 11.5 Å². The molecule has 1 aromatic carbocycles. The molecular weight excluding hydrogens is 252 g/mol. The molecule has 0 amide bonds. The van der Waals surface area contributed by atoms with Crippen LogP contribution in [0.2, 0.25) is 0 Å². The minimum absolute atomic E-state index is 0.0337. The van der Waals surface area contributed by atoms with Crippen molar-refractivity contribution < 1.29 is 9.47 Å². The molecule has 3 aliphatic heterocycles. The van der Waals surface area contributed by atoms with Crippen LogP contribution in [0, 0.1) is 5.92 Å². The molecule has 2 fully saturated rings. The molecule has 1 aromatic rings. The molecule has 1 spiro atoms. The molecular formula is C16H22N2O2. The lowest BCUT2D eigenvalue weighted by molar-refractivity contribution is -0.0440. The van der Waals surface area contributed by atoms with Crippen LogP contribution in [0.15, 0.2) is 18.2 Å². The summed E-state index contributed by atoms with van der Waals surface area (Å²) in [6.45, 7) is 3.55. The summed E-state index contributed by atoms with van der Waals surface area (Å²) in [4.78, 5) is 2.55. The Morgan fingerprint density at radius 2 is 2.30 bits per heavy atom. The minimum atomic E-state index is -0.0337. The molecule has 0 aromatic heterocycles. The van der Waals surface area contributed by atoms with Crippen LogP contribution in [0.25, 0.3) is 0 Å². The second-order valence-corrected chi connectivity index (χ2v) is 6.42. The van der Waals surface area contributed by atoms with E-state index in [1.165, 1.54) is 19.5 Å². The maximum atomic E-state index is 6.50. The number of nitrogens with two attached hydrogens (primary N) is 1. The van der Waals surface area contributed by atoms with Gasteiger partial charge in [0.2, 0.25) is 0 Å². The Balaban J connectivity index is 1.70. The van der Waals surface area contributed by atoms with E-state index in [0.29, 0.717) is 5.92 Å². The standard InChI is InChI=1S/C16H22N2O2/c1-19-12-2-3-15-13(8-12)14(17)9-16(20-15)5-7-18-6-4-11(16)10-18/h2-3,8,11,14H,4-7,9-10,17H2,1H3/t11?,14-,16?/m0/s1. The molecule has 4 heteroatoms. The van der Waals surface area contributed by atoms with Crippen LogP contribution in [0.3, 0.4) is 0 Å². The molecule has 4 nitrogen and oxygen atoms in total. The molecule has 3 unspecified atom stereocenters. The van der Waals surface area contributed by atoms with E-state index in [2.05, 4.69) is 4.90 Å². The molecule has 0 aliphatic carbocycles. The predicted molar refractivity (Wildman–Crippen MR) is 77.1 cm³/mol. The van der Waals surface area contributed by atoms with Crippen LogP contribution in [-0.2, 0) is 0 Å². The molecule has 4 rings (SSSR count). The number of ether oxygens (including phenoxy) is 2. The highest BCUT2D eigenvalue weighted by Gasteiger charge is 2.51. The molecule has 20 heavy (non-hydrogen) atoms. The van der Waals surface area contributed by atoms with Crippen molar-refractivity contribution in [2.75, 3.05) is 26.7 Å². The van der Waals surface area contributed by atoms with Crippen LogP contribution >= 0.6 is 0 Å². The lowest BCUT2D eigenvalue weighted by Crippen LogP contribution is -2.53. The maximum Gasteiger partial charge on any atom is 0.125 e. The van der Waals surface area contributed by atoms with Gasteiger partial charge >= 0.3 is 0 Å². The van der Waals surface area contributed by atoms with E-state index in [9.17, 15) is 0 Å². The Morgan fingerprint density at radius 3 is 3.15 bits per heavy atom. The number of methoxy groups -OCH3 is 1. The molecule has 0 radical (unpaired) electrons. The molecule has 3 heterocycles. The van der Waals surface area contributed by atoms with Crippen molar-refractivity contribution in [2.45, 2.75) is 30.9 Å². The van der Waals surface area contributed by atoms with Crippen molar-refractivity contribution in [1.29, 1.82) is 0 Å². The summed E-state index contributed by atoms with van der Waals surface area (Å²) in [7, 11) is 1.69. The quantitative estimate of drug-likeness (QED) is 0.850. The van der Waals surface area contributed by atoms with Crippen LogP contribution in [-0.4, -0.2) is 37.2 Å². The van der Waals surface area contributed by atoms with Gasteiger partial charge in [0.15, 0.2) is 0 Å². The average Bonchev–Trinajstić information content (AvgIpc) is 2.89. The number of fused-ring (bicyclic) bond motifs is 4. The van der Waals surface area contributed by atoms with E-state index >= 15 is 0 Å². The van der Waals surface area contributed by atoms with Gasteiger partial charge in [0.05, 0.1) is 7.11 Å². The van der Waals surface area contributed by atoms with Crippen LogP contribution in [0.1, 0.15) is 30.9 Å². The highest BCUT2D eigenvalue weighted by molar-refractivity contribution is 5.44.